The summed E-state index contributed by atoms with van der Waals surface area (Å²) in [6.07, 6.45) is 4.55. The van der Waals surface area contributed by atoms with Crippen LogP contribution in [0.1, 0.15) is 26.2 Å². The van der Waals surface area contributed by atoms with Crippen molar-refractivity contribution in [1.29, 1.82) is 0 Å². The topological polar surface area (TPSA) is 63.7 Å². The van der Waals surface area contributed by atoms with Gasteiger partial charge in [-0.15, -0.1) is 0 Å². The molecule has 0 saturated carbocycles. The van der Waals surface area contributed by atoms with E-state index in [1.807, 2.05) is 36.4 Å². The number of rotatable bonds is 7. The molecule has 0 radical (unpaired) electrons. The van der Waals surface area contributed by atoms with Crippen molar-refractivity contribution in [2.24, 2.45) is 0 Å². The summed E-state index contributed by atoms with van der Waals surface area (Å²) in [5.41, 5.74) is 0.750. The second-order valence-electron chi connectivity index (χ2n) is 6.42. The van der Waals surface area contributed by atoms with Crippen molar-refractivity contribution in [3.8, 4) is 11.6 Å². The number of benzene rings is 1. The van der Waals surface area contributed by atoms with Gasteiger partial charge in [-0.25, -0.2) is 9.78 Å². The summed E-state index contributed by atoms with van der Waals surface area (Å²) in [5.74, 6) is 1.38. The van der Waals surface area contributed by atoms with Crippen molar-refractivity contribution in [3.63, 3.8) is 0 Å². The number of likely N-dealkylation sites (tertiary alicyclic amines) is 1. The van der Waals surface area contributed by atoms with E-state index in [4.69, 9.17) is 9.47 Å². The maximum absolute atomic E-state index is 12.5. The highest BCUT2D eigenvalue weighted by molar-refractivity contribution is 9.10. The molecule has 0 bridgehead atoms. The van der Waals surface area contributed by atoms with Crippen LogP contribution in [0.15, 0.2) is 47.1 Å². The highest BCUT2D eigenvalue weighted by Crippen LogP contribution is 2.25. The van der Waals surface area contributed by atoms with Crippen molar-refractivity contribution < 1.29 is 14.3 Å². The Morgan fingerprint density at radius 1 is 1.33 bits per heavy atom. The maximum atomic E-state index is 12.5. The number of aromatic nitrogens is 1. The fourth-order valence-corrected chi connectivity index (χ4v) is 3.14. The molecule has 1 aliphatic rings. The SMILES string of the molecule is CCCCOc1ccc(NC(=O)N2CCC(Oc3ncccc3Br)C2)cc1. The van der Waals surface area contributed by atoms with Gasteiger partial charge in [0.1, 0.15) is 11.9 Å². The molecule has 1 fully saturated rings. The molecular formula is C20H24BrN3O3. The molecule has 6 nitrogen and oxygen atoms in total. The zero-order valence-corrected chi connectivity index (χ0v) is 16.9. The Bertz CT molecular complexity index is 754. The molecule has 1 aromatic heterocycles. The van der Waals surface area contributed by atoms with E-state index in [-0.39, 0.29) is 12.1 Å². The lowest BCUT2D eigenvalue weighted by Gasteiger charge is -2.18. The molecular weight excluding hydrogens is 410 g/mol. The van der Waals surface area contributed by atoms with Crippen LogP contribution < -0.4 is 14.8 Å². The third kappa shape index (κ3) is 5.60. The van der Waals surface area contributed by atoms with Gasteiger partial charge in [-0.1, -0.05) is 13.3 Å². The predicted octanol–water partition coefficient (Wildman–Crippen LogP) is 4.71. The number of nitrogens with zero attached hydrogens (tertiary/aromatic N) is 2. The summed E-state index contributed by atoms with van der Waals surface area (Å²) in [6, 6.07) is 11.1. The van der Waals surface area contributed by atoms with E-state index in [0.717, 1.165) is 35.2 Å². The quantitative estimate of drug-likeness (QED) is 0.642. The van der Waals surface area contributed by atoms with Crippen LogP contribution >= 0.6 is 15.9 Å². The second-order valence-corrected chi connectivity index (χ2v) is 7.28. The van der Waals surface area contributed by atoms with E-state index in [2.05, 4.69) is 33.2 Å². The van der Waals surface area contributed by atoms with Gasteiger partial charge in [0.25, 0.3) is 0 Å². The van der Waals surface area contributed by atoms with Gasteiger partial charge in [0, 0.05) is 24.8 Å². The highest BCUT2D eigenvalue weighted by Gasteiger charge is 2.28. The summed E-state index contributed by atoms with van der Waals surface area (Å²) in [5, 5.41) is 2.93. The number of hydrogen-bond donors (Lipinski definition) is 1. The van der Waals surface area contributed by atoms with Crippen LogP contribution in [0.3, 0.4) is 0 Å². The zero-order valence-electron chi connectivity index (χ0n) is 15.4. The highest BCUT2D eigenvalue weighted by atomic mass is 79.9. The molecule has 2 heterocycles. The molecule has 1 N–H and O–H groups in total. The van der Waals surface area contributed by atoms with Crippen molar-refractivity contribution in [3.05, 3.63) is 47.1 Å². The molecule has 1 unspecified atom stereocenters. The van der Waals surface area contributed by atoms with E-state index in [0.29, 0.717) is 25.6 Å². The normalized spacial score (nSPS) is 16.2. The molecule has 1 atom stereocenters. The lowest BCUT2D eigenvalue weighted by Crippen LogP contribution is -2.34. The van der Waals surface area contributed by atoms with Gasteiger partial charge in [-0.05, 0) is 58.7 Å². The Morgan fingerprint density at radius 3 is 2.89 bits per heavy atom. The largest absolute Gasteiger partial charge is 0.494 e. The number of carbonyl (C=O) groups excluding carboxylic acids is 1. The van der Waals surface area contributed by atoms with Crippen molar-refractivity contribution >= 4 is 27.6 Å². The Labute approximate surface area is 168 Å². The molecule has 0 spiro atoms. The summed E-state index contributed by atoms with van der Waals surface area (Å²) >= 11 is 3.43. The van der Waals surface area contributed by atoms with Gasteiger partial charge in [0.15, 0.2) is 0 Å². The number of nitrogens with one attached hydrogen (secondary N) is 1. The molecule has 0 aliphatic carbocycles. The number of pyridine rings is 1. The van der Waals surface area contributed by atoms with Crippen LogP contribution in [-0.4, -0.2) is 41.7 Å². The predicted molar refractivity (Wildman–Crippen MR) is 108 cm³/mol. The van der Waals surface area contributed by atoms with Gasteiger partial charge in [-0.3, -0.25) is 0 Å². The Kier molecular flexibility index (Phi) is 6.92. The first kappa shape index (κ1) is 19.5. The minimum Gasteiger partial charge on any atom is -0.494 e. The van der Waals surface area contributed by atoms with E-state index < -0.39 is 0 Å². The average Bonchev–Trinajstić information content (AvgIpc) is 3.14. The molecule has 1 aromatic carbocycles. The second kappa shape index (κ2) is 9.60. The van der Waals surface area contributed by atoms with E-state index in [1.165, 1.54) is 0 Å². The first-order chi connectivity index (χ1) is 13.2. The number of halogens is 1. The van der Waals surface area contributed by atoms with Gasteiger partial charge in [0.05, 0.1) is 17.6 Å². The molecule has 1 saturated heterocycles. The Balaban J connectivity index is 1.48. The molecule has 144 valence electrons. The molecule has 27 heavy (non-hydrogen) atoms. The molecule has 7 heteroatoms. The molecule has 3 rings (SSSR count). The number of ether oxygens (including phenoxy) is 2. The molecule has 1 aliphatic heterocycles. The lowest BCUT2D eigenvalue weighted by atomic mass is 10.3. The van der Waals surface area contributed by atoms with Gasteiger partial charge in [-0.2, -0.15) is 0 Å². The number of carbonyl (C=O) groups is 1. The van der Waals surface area contributed by atoms with Crippen LogP contribution in [0, 0.1) is 0 Å². The third-order valence-corrected chi connectivity index (χ3v) is 4.91. The fourth-order valence-electron chi connectivity index (χ4n) is 2.80. The maximum Gasteiger partial charge on any atom is 0.321 e. The number of anilines is 1. The minimum absolute atomic E-state index is 0.0590. The van der Waals surface area contributed by atoms with Crippen LogP contribution in [0.5, 0.6) is 11.6 Å². The van der Waals surface area contributed by atoms with E-state index >= 15 is 0 Å². The van der Waals surface area contributed by atoms with Crippen molar-refractivity contribution in [2.45, 2.75) is 32.3 Å². The van der Waals surface area contributed by atoms with E-state index in [9.17, 15) is 4.79 Å². The zero-order chi connectivity index (χ0) is 19.1. The number of hydrogen-bond acceptors (Lipinski definition) is 4. The van der Waals surface area contributed by atoms with Crippen LogP contribution in [0.25, 0.3) is 0 Å². The molecule has 2 aromatic rings. The van der Waals surface area contributed by atoms with Crippen LogP contribution in [0.4, 0.5) is 10.5 Å². The monoisotopic (exact) mass is 433 g/mol. The van der Waals surface area contributed by atoms with Gasteiger partial charge < -0.3 is 19.7 Å². The minimum atomic E-state index is -0.124. The number of amides is 2. The third-order valence-electron chi connectivity index (χ3n) is 4.31. The fraction of sp³-hybridized carbons (Fsp3) is 0.400. The summed E-state index contributed by atoms with van der Waals surface area (Å²) in [7, 11) is 0. The van der Waals surface area contributed by atoms with Crippen molar-refractivity contribution in [1.82, 2.24) is 9.88 Å². The summed E-state index contributed by atoms with van der Waals surface area (Å²) in [4.78, 5) is 18.4. The summed E-state index contributed by atoms with van der Waals surface area (Å²) in [6.45, 7) is 4.03. The first-order valence-electron chi connectivity index (χ1n) is 9.21. The smallest absolute Gasteiger partial charge is 0.321 e. The number of urea groups is 1. The van der Waals surface area contributed by atoms with Gasteiger partial charge >= 0.3 is 6.03 Å². The van der Waals surface area contributed by atoms with E-state index in [1.54, 1.807) is 11.1 Å². The first-order valence-corrected chi connectivity index (χ1v) is 10.0. The average molecular weight is 434 g/mol. The molecule has 2 amide bonds. The van der Waals surface area contributed by atoms with Crippen LogP contribution in [0.2, 0.25) is 0 Å². The van der Waals surface area contributed by atoms with Crippen molar-refractivity contribution in [2.75, 3.05) is 25.0 Å². The Hall–Kier alpha value is -2.28. The van der Waals surface area contributed by atoms with Gasteiger partial charge in [0.2, 0.25) is 5.88 Å². The van der Waals surface area contributed by atoms with Crippen LogP contribution in [-0.2, 0) is 0 Å². The summed E-state index contributed by atoms with van der Waals surface area (Å²) < 4.78 is 12.4. The standard InChI is InChI=1S/C20H24BrN3O3/c1-2-3-13-26-16-8-6-15(7-9-16)23-20(25)24-12-10-17(14-24)27-19-18(21)5-4-11-22-19/h4-9,11,17H,2-3,10,12-14H2,1H3,(H,23,25). The Morgan fingerprint density at radius 2 is 2.15 bits per heavy atom. The number of unbranched alkanes of at least 4 members (excludes halogenated alkanes) is 1. The lowest BCUT2D eigenvalue weighted by molar-refractivity contribution is 0.189.